The van der Waals surface area contributed by atoms with Crippen molar-refractivity contribution >= 4 is 22.1 Å². The number of carbonyl (C=O) groups excluding carboxylic acids is 2. The van der Waals surface area contributed by atoms with Gasteiger partial charge in [-0.05, 0) is 12.8 Å². The number of rotatable bonds is 12. The first-order chi connectivity index (χ1) is 10.3. The molecule has 23 heavy (non-hydrogen) atoms. The molecule has 1 atom stereocenters. The normalized spacial score (nSPS) is 12.1. The van der Waals surface area contributed by atoms with E-state index in [1.807, 2.05) is 13.8 Å². The van der Waals surface area contributed by atoms with Crippen molar-refractivity contribution in [2.45, 2.75) is 64.0 Å². The van der Waals surface area contributed by atoms with Crippen molar-refractivity contribution in [3.05, 3.63) is 0 Å². The summed E-state index contributed by atoms with van der Waals surface area (Å²) < 4.78 is 42.9. The second-order valence-corrected chi connectivity index (χ2v) is 6.54. The smallest absolute Gasteiger partial charge is 0.747 e. The van der Waals surface area contributed by atoms with Gasteiger partial charge in [0.25, 0.3) is 0 Å². The molecule has 0 fully saturated rings. The number of hydrogen-bond acceptors (Lipinski definition) is 7. The standard InChI is InChI=1S/C14H26O7S.K/c1-3-5-7-9-20-13(15)11-12(22(17,18)19)14(16)21-10-8-6-4-2;/h12H,3-11H2,1-2H3,(H,17,18,19);/q;+1/p-1. The fourth-order valence-electron chi connectivity index (χ4n) is 1.67. The molecule has 0 saturated heterocycles. The molecule has 0 aromatic heterocycles. The maximum absolute atomic E-state index is 11.7. The minimum absolute atomic E-state index is 0. The van der Waals surface area contributed by atoms with E-state index >= 15 is 0 Å². The van der Waals surface area contributed by atoms with Crippen molar-refractivity contribution in [2.24, 2.45) is 0 Å². The third kappa shape index (κ3) is 13.5. The summed E-state index contributed by atoms with van der Waals surface area (Å²) in [5, 5.41) is -2.03. The van der Waals surface area contributed by atoms with Gasteiger partial charge >= 0.3 is 63.3 Å². The van der Waals surface area contributed by atoms with Gasteiger partial charge in [0.2, 0.25) is 0 Å². The Bertz CT molecular complexity index is 436. The van der Waals surface area contributed by atoms with Crippen LogP contribution < -0.4 is 51.4 Å². The molecule has 7 nitrogen and oxygen atoms in total. The molecule has 0 bridgehead atoms. The second kappa shape index (κ2) is 14.8. The van der Waals surface area contributed by atoms with E-state index in [0.717, 1.165) is 25.7 Å². The van der Waals surface area contributed by atoms with E-state index < -0.39 is 33.7 Å². The van der Waals surface area contributed by atoms with Gasteiger partial charge in [-0.15, -0.1) is 0 Å². The molecule has 0 aromatic rings. The summed E-state index contributed by atoms with van der Waals surface area (Å²) in [6, 6.07) is 0. The molecule has 0 spiro atoms. The van der Waals surface area contributed by atoms with Crippen molar-refractivity contribution in [2.75, 3.05) is 13.2 Å². The SMILES string of the molecule is CCCCCOC(=O)CC(C(=O)OCCCCC)S(=O)(=O)[O-].[K+]. The molecule has 0 rings (SSSR count). The molecular formula is C14H25KO7S. The summed E-state index contributed by atoms with van der Waals surface area (Å²) in [5.41, 5.74) is 0. The molecular weight excluding hydrogens is 351 g/mol. The molecule has 0 saturated carbocycles. The van der Waals surface area contributed by atoms with E-state index in [2.05, 4.69) is 0 Å². The Kier molecular flexibility index (Phi) is 16.6. The van der Waals surface area contributed by atoms with Crippen LogP contribution in [-0.4, -0.2) is 43.4 Å². The fourth-order valence-corrected chi connectivity index (χ4v) is 2.31. The van der Waals surface area contributed by atoms with Crippen molar-refractivity contribution in [3.8, 4) is 0 Å². The van der Waals surface area contributed by atoms with E-state index in [0.29, 0.717) is 12.8 Å². The summed E-state index contributed by atoms with van der Waals surface area (Å²) in [6.45, 7) is 4.12. The Morgan fingerprint density at radius 2 is 1.43 bits per heavy atom. The van der Waals surface area contributed by atoms with Crippen molar-refractivity contribution in [1.29, 1.82) is 0 Å². The van der Waals surface area contributed by atoms with E-state index in [1.54, 1.807) is 0 Å². The summed E-state index contributed by atoms with van der Waals surface area (Å²) in [6.07, 6.45) is 3.97. The predicted molar refractivity (Wildman–Crippen MR) is 79.1 cm³/mol. The molecule has 0 aliphatic heterocycles. The molecule has 0 amide bonds. The van der Waals surface area contributed by atoms with E-state index in [9.17, 15) is 22.6 Å². The third-order valence-electron chi connectivity index (χ3n) is 2.97. The van der Waals surface area contributed by atoms with Crippen LogP contribution in [0.4, 0.5) is 0 Å². The van der Waals surface area contributed by atoms with Gasteiger partial charge in [0, 0.05) is 0 Å². The van der Waals surface area contributed by atoms with Crippen molar-refractivity contribution in [1.82, 2.24) is 0 Å². The third-order valence-corrected chi connectivity index (χ3v) is 4.02. The minimum atomic E-state index is -4.96. The average Bonchev–Trinajstić information content (AvgIpc) is 2.44. The first-order valence-electron chi connectivity index (χ1n) is 7.59. The summed E-state index contributed by atoms with van der Waals surface area (Å²) >= 11 is 0. The number of carbonyl (C=O) groups is 2. The topological polar surface area (TPSA) is 110 Å². The molecule has 0 N–H and O–H groups in total. The average molecular weight is 377 g/mol. The Labute approximate surface area is 181 Å². The molecule has 130 valence electrons. The van der Waals surface area contributed by atoms with Crippen LogP contribution in [0.15, 0.2) is 0 Å². The molecule has 0 aliphatic carbocycles. The maximum atomic E-state index is 11.7. The second-order valence-electron chi connectivity index (χ2n) is 4.99. The summed E-state index contributed by atoms with van der Waals surface area (Å²) in [7, 11) is -4.96. The van der Waals surface area contributed by atoms with Gasteiger partial charge < -0.3 is 14.0 Å². The fraction of sp³-hybridized carbons (Fsp3) is 0.857. The largest absolute Gasteiger partial charge is 1.00 e. The summed E-state index contributed by atoms with van der Waals surface area (Å²) in [5.74, 6) is -2.07. The molecule has 0 aromatic carbocycles. The van der Waals surface area contributed by atoms with Crippen molar-refractivity contribution < 1.29 is 83.4 Å². The minimum Gasteiger partial charge on any atom is -0.747 e. The molecule has 0 aliphatic rings. The molecule has 1 unspecified atom stereocenters. The van der Waals surface area contributed by atoms with Gasteiger partial charge in [-0.1, -0.05) is 39.5 Å². The molecule has 0 radical (unpaired) electrons. The first-order valence-corrected chi connectivity index (χ1v) is 9.07. The van der Waals surface area contributed by atoms with Crippen LogP contribution in [0.2, 0.25) is 0 Å². The Morgan fingerprint density at radius 1 is 0.957 bits per heavy atom. The Hall–Kier alpha value is 0.486. The summed E-state index contributed by atoms with van der Waals surface area (Å²) in [4.78, 5) is 23.2. The maximum Gasteiger partial charge on any atom is 1.00 e. The van der Waals surface area contributed by atoms with Crippen molar-refractivity contribution in [3.63, 3.8) is 0 Å². The van der Waals surface area contributed by atoms with Gasteiger partial charge in [0.05, 0.1) is 19.6 Å². The van der Waals surface area contributed by atoms with Gasteiger partial charge in [-0.2, -0.15) is 0 Å². The van der Waals surface area contributed by atoms with E-state index in [1.165, 1.54) is 0 Å². The number of esters is 2. The van der Waals surface area contributed by atoms with Crippen LogP contribution in [0.3, 0.4) is 0 Å². The van der Waals surface area contributed by atoms with Crippen LogP contribution in [0.25, 0.3) is 0 Å². The predicted octanol–water partition coefficient (Wildman–Crippen LogP) is -1.24. The number of unbranched alkanes of at least 4 members (excludes halogenated alkanes) is 4. The van der Waals surface area contributed by atoms with Gasteiger partial charge in [0.15, 0.2) is 5.25 Å². The van der Waals surface area contributed by atoms with E-state index in [-0.39, 0.29) is 64.6 Å². The van der Waals surface area contributed by atoms with Gasteiger partial charge in [0.1, 0.15) is 10.1 Å². The van der Waals surface area contributed by atoms with Crippen LogP contribution >= 0.6 is 0 Å². The number of ether oxygens (including phenoxy) is 2. The zero-order valence-corrected chi connectivity index (χ0v) is 18.1. The number of hydrogen-bond donors (Lipinski definition) is 0. The van der Waals surface area contributed by atoms with Gasteiger partial charge in [-0.25, -0.2) is 8.42 Å². The van der Waals surface area contributed by atoms with Crippen LogP contribution in [0.1, 0.15) is 58.8 Å². The zero-order chi connectivity index (χ0) is 17.0. The molecule has 0 heterocycles. The van der Waals surface area contributed by atoms with Gasteiger partial charge in [-0.3, -0.25) is 9.59 Å². The van der Waals surface area contributed by atoms with Crippen LogP contribution in [-0.2, 0) is 29.2 Å². The zero-order valence-electron chi connectivity index (χ0n) is 14.2. The van der Waals surface area contributed by atoms with Crippen LogP contribution in [0.5, 0.6) is 0 Å². The first kappa shape index (κ1) is 25.7. The Balaban J connectivity index is 0. The monoisotopic (exact) mass is 376 g/mol. The quantitative estimate of drug-likeness (QED) is 0.181. The van der Waals surface area contributed by atoms with Crippen LogP contribution in [0, 0.1) is 0 Å². The Morgan fingerprint density at radius 3 is 1.87 bits per heavy atom. The molecule has 9 heteroatoms. The van der Waals surface area contributed by atoms with E-state index in [4.69, 9.17) is 9.47 Å².